The minimum Gasteiger partial charge on any atom is -0.207 e. The minimum absolute atomic E-state index is 0.315. The van der Waals surface area contributed by atoms with Crippen LogP contribution in [-0.2, 0) is 0 Å². The van der Waals surface area contributed by atoms with E-state index in [-0.39, 0.29) is 11.6 Å². The number of halogens is 2. The highest BCUT2D eigenvalue weighted by atomic mass is 32.2. The maximum atomic E-state index is 13.3. The number of thioether (sulfide) groups is 1. The lowest BCUT2D eigenvalue weighted by Gasteiger charge is -2.04. The molecule has 0 aliphatic carbocycles. The predicted octanol–water partition coefficient (Wildman–Crippen LogP) is 4.17. The van der Waals surface area contributed by atoms with E-state index >= 15 is 0 Å². The van der Waals surface area contributed by atoms with E-state index in [1.807, 2.05) is 0 Å². The van der Waals surface area contributed by atoms with Gasteiger partial charge in [0.1, 0.15) is 11.6 Å². The molecule has 0 bridgehead atoms. The zero-order chi connectivity index (χ0) is 10.6. The largest absolute Gasteiger partial charge is 0.207 e. The lowest BCUT2D eigenvalue weighted by atomic mass is 10.2. The van der Waals surface area contributed by atoms with Crippen LogP contribution in [0.15, 0.2) is 17.0 Å². The summed E-state index contributed by atoms with van der Waals surface area (Å²) in [6, 6.07) is 2.54. The van der Waals surface area contributed by atoms with Crippen LogP contribution < -0.4 is 0 Å². The predicted molar refractivity (Wildman–Crippen MR) is 56.7 cm³/mol. The Labute approximate surface area is 87.7 Å². The number of hydrogen-bond donors (Lipinski definition) is 0. The van der Waals surface area contributed by atoms with Gasteiger partial charge < -0.3 is 0 Å². The average Bonchev–Trinajstić information content (AvgIpc) is 2.14. The van der Waals surface area contributed by atoms with Gasteiger partial charge in [-0.15, -0.1) is 11.8 Å². The van der Waals surface area contributed by atoms with Crippen LogP contribution in [0.1, 0.15) is 25.3 Å². The van der Waals surface area contributed by atoms with Crippen LogP contribution in [0.5, 0.6) is 0 Å². The Morgan fingerprint density at radius 1 is 1.21 bits per heavy atom. The van der Waals surface area contributed by atoms with Crippen molar-refractivity contribution in [3.05, 3.63) is 29.3 Å². The quantitative estimate of drug-likeness (QED) is 0.538. The van der Waals surface area contributed by atoms with Gasteiger partial charge in [0, 0.05) is 4.90 Å². The molecule has 0 radical (unpaired) electrons. The molecule has 0 aliphatic heterocycles. The van der Waals surface area contributed by atoms with Gasteiger partial charge in [-0.05, 0) is 36.8 Å². The summed E-state index contributed by atoms with van der Waals surface area (Å²) in [5.41, 5.74) is 0.363. The third-order valence-electron chi connectivity index (χ3n) is 1.97. The van der Waals surface area contributed by atoms with Gasteiger partial charge in [0.2, 0.25) is 0 Å². The Balaban J connectivity index is 2.72. The zero-order valence-electron chi connectivity index (χ0n) is 8.44. The molecule has 0 unspecified atom stereocenters. The summed E-state index contributed by atoms with van der Waals surface area (Å²) in [7, 11) is 0. The van der Waals surface area contributed by atoms with Crippen molar-refractivity contribution >= 4 is 11.8 Å². The van der Waals surface area contributed by atoms with Crippen molar-refractivity contribution in [2.75, 3.05) is 5.75 Å². The number of benzene rings is 1. The molecule has 3 heteroatoms. The van der Waals surface area contributed by atoms with E-state index in [4.69, 9.17) is 0 Å². The molecule has 0 fully saturated rings. The molecule has 1 aromatic rings. The molecular weight excluding hydrogens is 202 g/mol. The summed E-state index contributed by atoms with van der Waals surface area (Å²) >= 11 is 1.38. The highest BCUT2D eigenvalue weighted by Gasteiger charge is 2.06. The molecule has 0 spiro atoms. The van der Waals surface area contributed by atoms with E-state index in [0.717, 1.165) is 18.6 Å². The Bertz CT molecular complexity index is 310. The fraction of sp³-hybridized carbons (Fsp3) is 0.455. The molecule has 0 heterocycles. The molecule has 1 rings (SSSR count). The van der Waals surface area contributed by atoms with E-state index < -0.39 is 0 Å². The molecule has 0 saturated carbocycles. The summed E-state index contributed by atoms with van der Waals surface area (Å²) in [5, 5.41) is 0. The molecule has 0 atom stereocenters. The Hall–Kier alpha value is -0.570. The number of unbranched alkanes of at least 4 members (excludes halogenated alkanes) is 1. The van der Waals surface area contributed by atoms with Crippen molar-refractivity contribution in [1.82, 2.24) is 0 Å². The zero-order valence-corrected chi connectivity index (χ0v) is 9.26. The maximum absolute atomic E-state index is 13.3. The van der Waals surface area contributed by atoms with Crippen LogP contribution in [0.4, 0.5) is 8.78 Å². The van der Waals surface area contributed by atoms with Gasteiger partial charge in [0.05, 0.1) is 0 Å². The van der Waals surface area contributed by atoms with Gasteiger partial charge in [-0.2, -0.15) is 0 Å². The van der Waals surface area contributed by atoms with E-state index in [9.17, 15) is 8.78 Å². The first-order chi connectivity index (χ1) is 6.65. The normalized spacial score (nSPS) is 10.6. The first-order valence-electron chi connectivity index (χ1n) is 4.73. The average molecular weight is 216 g/mol. The molecule has 0 N–H and O–H groups in total. The molecule has 1 aromatic carbocycles. The van der Waals surface area contributed by atoms with Crippen LogP contribution in [0.2, 0.25) is 0 Å². The second kappa shape index (κ2) is 5.35. The summed E-state index contributed by atoms with van der Waals surface area (Å²) in [6.45, 7) is 3.64. The fourth-order valence-corrected chi connectivity index (χ4v) is 2.10. The first kappa shape index (κ1) is 11.5. The molecule has 0 amide bonds. The third-order valence-corrected chi connectivity index (χ3v) is 3.09. The molecule has 0 saturated heterocycles. The van der Waals surface area contributed by atoms with Crippen LogP contribution in [0, 0.1) is 18.6 Å². The van der Waals surface area contributed by atoms with Crippen LogP contribution in [-0.4, -0.2) is 5.75 Å². The maximum Gasteiger partial charge on any atom is 0.137 e. The van der Waals surface area contributed by atoms with Gasteiger partial charge in [-0.3, -0.25) is 0 Å². The second-order valence-corrected chi connectivity index (χ2v) is 4.37. The minimum atomic E-state index is -0.328. The number of hydrogen-bond acceptors (Lipinski definition) is 1. The molecular formula is C11H14F2S. The fourth-order valence-electron chi connectivity index (χ4n) is 1.07. The van der Waals surface area contributed by atoms with Crippen molar-refractivity contribution in [1.29, 1.82) is 0 Å². The Kier molecular flexibility index (Phi) is 4.39. The highest BCUT2D eigenvalue weighted by Crippen LogP contribution is 2.25. The van der Waals surface area contributed by atoms with Crippen LogP contribution >= 0.6 is 11.8 Å². The number of aryl methyl sites for hydroxylation is 1. The van der Waals surface area contributed by atoms with E-state index in [0.29, 0.717) is 10.5 Å². The van der Waals surface area contributed by atoms with Crippen molar-refractivity contribution in [2.24, 2.45) is 0 Å². The molecule has 0 nitrogen and oxygen atoms in total. The summed E-state index contributed by atoms with van der Waals surface area (Å²) in [4.78, 5) is 0.418. The van der Waals surface area contributed by atoms with Gasteiger partial charge in [-0.1, -0.05) is 13.3 Å². The van der Waals surface area contributed by atoms with Gasteiger partial charge in [0.25, 0.3) is 0 Å². The Morgan fingerprint density at radius 3 is 2.57 bits per heavy atom. The van der Waals surface area contributed by atoms with E-state index in [1.165, 1.54) is 23.9 Å². The Morgan fingerprint density at radius 2 is 1.93 bits per heavy atom. The van der Waals surface area contributed by atoms with Gasteiger partial charge >= 0.3 is 0 Å². The molecule has 0 aromatic heterocycles. The molecule has 14 heavy (non-hydrogen) atoms. The lowest BCUT2D eigenvalue weighted by Crippen LogP contribution is -1.89. The smallest absolute Gasteiger partial charge is 0.137 e. The first-order valence-corrected chi connectivity index (χ1v) is 5.72. The summed E-state index contributed by atoms with van der Waals surface area (Å²) < 4.78 is 26.4. The third kappa shape index (κ3) is 2.98. The SMILES string of the molecule is CCCCSc1cc(F)c(C)cc1F. The lowest BCUT2D eigenvalue weighted by molar-refractivity contribution is 0.570. The standard InChI is InChI=1S/C11H14F2S/c1-3-4-5-14-11-7-9(12)8(2)6-10(11)13/h6-7H,3-5H2,1-2H3. The molecule has 78 valence electrons. The van der Waals surface area contributed by atoms with Crippen molar-refractivity contribution in [3.8, 4) is 0 Å². The summed E-state index contributed by atoms with van der Waals surface area (Å²) in [5.74, 6) is 0.200. The highest BCUT2D eigenvalue weighted by molar-refractivity contribution is 7.99. The van der Waals surface area contributed by atoms with Gasteiger partial charge in [0.15, 0.2) is 0 Å². The van der Waals surface area contributed by atoms with Crippen molar-refractivity contribution < 1.29 is 8.78 Å². The van der Waals surface area contributed by atoms with Gasteiger partial charge in [-0.25, -0.2) is 8.78 Å². The topological polar surface area (TPSA) is 0 Å². The van der Waals surface area contributed by atoms with E-state index in [1.54, 1.807) is 6.92 Å². The summed E-state index contributed by atoms with van der Waals surface area (Å²) in [6.07, 6.45) is 2.10. The van der Waals surface area contributed by atoms with Crippen molar-refractivity contribution in [3.63, 3.8) is 0 Å². The molecule has 0 aliphatic rings. The van der Waals surface area contributed by atoms with Crippen LogP contribution in [0.3, 0.4) is 0 Å². The van der Waals surface area contributed by atoms with Crippen molar-refractivity contribution in [2.45, 2.75) is 31.6 Å². The monoisotopic (exact) mass is 216 g/mol. The van der Waals surface area contributed by atoms with E-state index in [2.05, 4.69) is 6.92 Å². The van der Waals surface area contributed by atoms with Crippen LogP contribution in [0.25, 0.3) is 0 Å². The number of rotatable bonds is 4. The second-order valence-electron chi connectivity index (χ2n) is 3.23.